The summed E-state index contributed by atoms with van der Waals surface area (Å²) >= 11 is 0. The summed E-state index contributed by atoms with van der Waals surface area (Å²) in [6.45, 7) is 0. The van der Waals surface area contributed by atoms with Gasteiger partial charge in [0.15, 0.2) is 11.6 Å². The van der Waals surface area contributed by atoms with Gasteiger partial charge in [-0.25, -0.2) is 13.2 Å². The van der Waals surface area contributed by atoms with Crippen LogP contribution in [0.4, 0.5) is 13.2 Å². The van der Waals surface area contributed by atoms with E-state index in [-0.39, 0.29) is 12.0 Å². The van der Waals surface area contributed by atoms with Crippen molar-refractivity contribution in [2.75, 3.05) is 7.11 Å². The van der Waals surface area contributed by atoms with Gasteiger partial charge in [0.25, 0.3) is 0 Å². The zero-order valence-electron chi connectivity index (χ0n) is 8.47. The summed E-state index contributed by atoms with van der Waals surface area (Å²) in [4.78, 5) is 10.9. The summed E-state index contributed by atoms with van der Waals surface area (Å²) in [5, 5.41) is 0. The predicted molar refractivity (Wildman–Crippen MR) is 49.9 cm³/mol. The first-order chi connectivity index (χ1) is 7.45. The number of esters is 1. The minimum atomic E-state index is -1.30. The standard InChI is InChI=1S/C10H10F3NO2/c1-16-10(15)4-9(14)5-2-7(12)8(13)3-6(5)11/h2-3,9H,4,14H2,1H3/t9-/m1/s1. The molecule has 0 aliphatic heterocycles. The topological polar surface area (TPSA) is 52.3 Å². The first-order valence-corrected chi connectivity index (χ1v) is 4.42. The molecule has 0 unspecified atom stereocenters. The van der Waals surface area contributed by atoms with Gasteiger partial charge in [-0.3, -0.25) is 4.79 Å². The van der Waals surface area contributed by atoms with Crippen molar-refractivity contribution in [2.24, 2.45) is 5.73 Å². The molecule has 0 heterocycles. The van der Waals surface area contributed by atoms with Gasteiger partial charge in [0.1, 0.15) is 5.82 Å². The minimum Gasteiger partial charge on any atom is -0.469 e. The van der Waals surface area contributed by atoms with Crippen LogP contribution in [0.5, 0.6) is 0 Å². The summed E-state index contributed by atoms with van der Waals surface area (Å²) in [6.07, 6.45) is -0.307. The molecule has 0 saturated heterocycles. The van der Waals surface area contributed by atoms with Crippen LogP contribution in [0, 0.1) is 17.5 Å². The quantitative estimate of drug-likeness (QED) is 0.638. The van der Waals surface area contributed by atoms with Crippen LogP contribution in [0.25, 0.3) is 0 Å². The van der Waals surface area contributed by atoms with Crippen molar-refractivity contribution in [1.29, 1.82) is 0 Å². The van der Waals surface area contributed by atoms with E-state index in [4.69, 9.17) is 5.73 Å². The Hall–Kier alpha value is -1.56. The van der Waals surface area contributed by atoms with E-state index in [0.717, 1.165) is 7.11 Å². The Bertz CT molecular complexity index is 409. The van der Waals surface area contributed by atoms with E-state index in [9.17, 15) is 18.0 Å². The lowest BCUT2D eigenvalue weighted by Gasteiger charge is -2.11. The normalized spacial score (nSPS) is 12.3. The van der Waals surface area contributed by atoms with E-state index in [2.05, 4.69) is 4.74 Å². The van der Waals surface area contributed by atoms with Crippen molar-refractivity contribution in [1.82, 2.24) is 0 Å². The molecule has 0 aliphatic carbocycles. The Morgan fingerprint density at radius 1 is 1.31 bits per heavy atom. The van der Waals surface area contributed by atoms with Gasteiger partial charge >= 0.3 is 5.97 Å². The van der Waals surface area contributed by atoms with Crippen LogP contribution in [0.2, 0.25) is 0 Å². The number of ether oxygens (including phenoxy) is 1. The second-order valence-corrected chi connectivity index (χ2v) is 3.17. The number of carbonyl (C=O) groups is 1. The number of benzene rings is 1. The van der Waals surface area contributed by atoms with Gasteiger partial charge in [-0.2, -0.15) is 0 Å². The molecule has 0 radical (unpaired) electrons. The zero-order chi connectivity index (χ0) is 12.3. The van der Waals surface area contributed by atoms with Crippen molar-refractivity contribution in [3.63, 3.8) is 0 Å². The summed E-state index contributed by atoms with van der Waals surface area (Å²) < 4.78 is 43.0. The van der Waals surface area contributed by atoms with Crippen LogP contribution in [-0.2, 0) is 9.53 Å². The van der Waals surface area contributed by atoms with Crippen molar-refractivity contribution >= 4 is 5.97 Å². The Morgan fingerprint density at radius 3 is 2.44 bits per heavy atom. The lowest BCUT2D eigenvalue weighted by molar-refractivity contribution is -0.141. The van der Waals surface area contributed by atoms with Gasteiger partial charge < -0.3 is 10.5 Å². The van der Waals surface area contributed by atoms with E-state index in [1.54, 1.807) is 0 Å². The highest BCUT2D eigenvalue weighted by Crippen LogP contribution is 2.21. The molecule has 0 aliphatic rings. The molecule has 0 amide bonds. The minimum absolute atomic E-state index is 0.260. The Morgan fingerprint density at radius 2 is 1.88 bits per heavy atom. The average molecular weight is 233 g/mol. The van der Waals surface area contributed by atoms with E-state index in [1.165, 1.54) is 0 Å². The second-order valence-electron chi connectivity index (χ2n) is 3.17. The van der Waals surface area contributed by atoms with E-state index in [1.807, 2.05) is 0 Å². The summed E-state index contributed by atoms with van der Waals surface area (Å²) in [5.41, 5.74) is 5.20. The fourth-order valence-corrected chi connectivity index (χ4v) is 1.19. The highest BCUT2D eigenvalue weighted by Gasteiger charge is 2.18. The molecule has 1 aromatic rings. The highest BCUT2D eigenvalue weighted by molar-refractivity contribution is 5.70. The summed E-state index contributed by atoms with van der Waals surface area (Å²) in [7, 11) is 1.15. The fraction of sp³-hybridized carbons (Fsp3) is 0.300. The Labute approximate surface area is 90.0 Å². The fourth-order valence-electron chi connectivity index (χ4n) is 1.19. The summed E-state index contributed by atoms with van der Waals surface area (Å²) in [5.74, 6) is -4.16. The average Bonchev–Trinajstić information content (AvgIpc) is 2.23. The second kappa shape index (κ2) is 4.98. The number of nitrogens with two attached hydrogens (primary N) is 1. The van der Waals surface area contributed by atoms with Gasteiger partial charge in [0.2, 0.25) is 0 Å². The summed E-state index contributed by atoms with van der Waals surface area (Å²) in [6, 6.07) is -0.0392. The third-order valence-electron chi connectivity index (χ3n) is 2.05. The molecule has 88 valence electrons. The number of methoxy groups -OCH3 is 1. The van der Waals surface area contributed by atoms with Crippen molar-refractivity contribution in [3.8, 4) is 0 Å². The molecular formula is C10H10F3NO2. The number of rotatable bonds is 3. The lowest BCUT2D eigenvalue weighted by Crippen LogP contribution is -2.18. The molecule has 0 fully saturated rings. The Kier molecular flexibility index (Phi) is 3.89. The van der Waals surface area contributed by atoms with Gasteiger partial charge in [0, 0.05) is 17.7 Å². The molecule has 16 heavy (non-hydrogen) atoms. The molecule has 0 saturated carbocycles. The number of halogens is 3. The van der Waals surface area contributed by atoms with E-state index < -0.39 is 29.5 Å². The molecule has 2 N–H and O–H groups in total. The van der Waals surface area contributed by atoms with Gasteiger partial charge in [0.05, 0.1) is 13.5 Å². The molecule has 1 rings (SSSR count). The SMILES string of the molecule is COC(=O)C[C@@H](N)c1cc(F)c(F)cc1F. The zero-order valence-corrected chi connectivity index (χ0v) is 8.47. The first kappa shape index (κ1) is 12.5. The van der Waals surface area contributed by atoms with Gasteiger partial charge in [-0.05, 0) is 6.07 Å². The molecule has 1 atom stereocenters. The Balaban J connectivity index is 2.95. The molecule has 0 bridgehead atoms. The number of hydrogen-bond donors (Lipinski definition) is 1. The molecular weight excluding hydrogens is 223 g/mol. The van der Waals surface area contributed by atoms with Gasteiger partial charge in [-0.15, -0.1) is 0 Å². The van der Waals surface area contributed by atoms with Gasteiger partial charge in [-0.1, -0.05) is 0 Å². The molecule has 0 spiro atoms. The maximum absolute atomic E-state index is 13.2. The van der Waals surface area contributed by atoms with Crippen LogP contribution < -0.4 is 5.73 Å². The highest BCUT2D eigenvalue weighted by atomic mass is 19.2. The van der Waals surface area contributed by atoms with E-state index in [0.29, 0.717) is 12.1 Å². The van der Waals surface area contributed by atoms with Crippen molar-refractivity contribution in [3.05, 3.63) is 35.1 Å². The third kappa shape index (κ3) is 2.73. The molecule has 0 aromatic heterocycles. The van der Waals surface area contributed by atoms with Crippen LogP contribution in [0.3, 0.4) is 0 Å². The van der Waals surface area contributed by atoms with Crippen LogP contribution in [0.1, 0.15) is 18.0 Å². The first-order valence-electron chi connectivity index (χ1n) is 4.42. The predicted octanol–water partition coefficient (Wildman–Crippen LogP) is 1.67. The van der Waals surface area contributed by atoms with Crippen LogP contribution >= 0.6 is 0 Å². The van der Waals surface area contributed by atoms with Crippen LogP contribution in [0.15, 0.2) is 12.1 Å². The molecule has 1 aromatic carbocycles. The molecule has 3 nitrogen and oxygen atoms in total. The van der Waals surface area contributed by atoms with E-state index >= 15 is 0 Å². The number of hydrogen-bond acceptors (Lipinski definition) is 3. The monoisotopic (exact) mass is 233 g/mol. The maximum Gasteiger partial charge on any atom is 0.307 e. The largest absolute Gasteiger partial charge is 0.469 e. The smallest absolute Gasteiger partial charge is 0.307 e. The maximum atomic E-state index is 13.2. The van der Waals surface area contributed by atoms with Crippen molar-refractivity contribution < 1.29 is 22.7 Å². The third-order valence-corrected chi connectivity index (χ3v) is 2.05. The van der Waals surface area contributed by atoms with Crippen LogP contribution in [-0.4, -0.2) is 13.1 Å². The lowest BCUT2D eigenvalue weighted by atomic mass is 10.0. The van der Waals surface area contributed by atoms with Crippen molar-refractivity contribution in [2.45, 2.75) is 12.5 Å². The molecule has 6 heteroatoms. The number of carbonyl (C=O) groups excluding carboxylic acids is 1.